The number of rotatable bonds is 4. The first kappa shape index (κ1) is 12.9. The Bertz CT molecular complexity index is 402. The Hall–Kier alpha value is -1.55. The lowest BCUT2D eigenvalue weighted by atomic mass is 9.98. The number of benzene rings is 1. The van der Waals surface area contributed by atoms with Crippen molar-refractivity contribution < 1.29 is 4.79 Å². The molecule has 0 bridgehead atoms. The fraction of sp³-hybridized carbons (Fsp3) is 0.500. The molecule has 1 aromatic carbocycles. The molecular weight excluding hydrogens is 226 g/mol. The molecule has 1 aliphatic rings. The van der Waals surface area contributed by atoms with Crippen molar-refractivity contribution >= 4 is 11.6 Å². The van der Waals surface area contributed by atoms with Gasteiger partial charge in [0, 0.05) is 17.8 Å². The van der Waals surface area contributed by atoms with Crippen LogP contribution >= 0.6 is 0 Å². The maximum atomic E-state index is 11.9. The summed E-state index contributed by atoms with van der Waals surface area (Å²) in [4.78, 5) is 11.9. The van der Waals surface area contributed by atoms with E-state index in [0.717, 1.165) is 18.2 Å². The second-order valence-electron chi connectivity index (χ2n) is 5.10. The molecule has 1 aromatic rings. The zero-order valence-corrected chi connectivity index (χ0v) is 10.8. The number of anilines is 1. The van der Waals surface area contributed by atoms with E-state index in [1.807, 2.05) is 0 Å². The molecule has 1 amide bonds. The topological polar surface area (TPSA) is 67.2 Å². The molecule has 18 heavy (non-hydrogen) atoms. The summed E-state index contributed by atoms with van der Waals surface area (Å²) < 4.78 is 0. The average molecular weight is 247 g/mol. The second kappa shape index (κ2) is 5.87. The van der Waals surface area contributed by atoms with Gasteiger partial charge in [-0.3, -0.25) is 10.6 Å². The molecule has 0 radical (unpaired) electrons. The van der Waals surface area contributed by atoms with Crippen LogP contribution in [0.15, 0.2) is 24.3 Å². The molecule has 1 saturated carbocycles. The highest BCUT2D eigenvalue weighted by molar-refractivity contribution is 5.94. The molecule has 4 N–H and O–H groups in total. The Morgan fingerprint density at radius 1 is 1.33 bits per heavy atom. The average Bonchev–Trinajstić information content (AvgIpc) is 2.81. The molecule has 4 nitrogen and oxygen atoms in total. The molecule has 0 aromatic heterocycles. The Kier molecular flexibility index (Phi) is 4.20. The highest BCUT2D eigenvalue weighted by atomic mass is 16.1. The van der Waals surface area contributed by atoms with Crippen LogP contribution in [-0.2, 0) is 0 Å². The van der Waals surface area contributed by atoms with Gasteiger partial charge in [0.15, 0.2) is 0 Å². The van der Waals surface area contributed by atoms with Gasteiger partial charge in [0.05, 0.1) is 0 Å². The van der Waals surface area contributed by atoms with Crippen LogP contribution in [0.1, 0.15) is 36.5 Å². The minimum Gasteiger partial charge on any atom is -0.352 e. The molecule has 0 spiro atoms. The first-order valence-corrected chi connectivity index (χ1v) is 6.55. The smallest absolute Gasteiger partial charge is 0.251 e. The summed E-state index contributed by atoms with van der Waals surface area (Å²) in [7, 11) is 0. The molecule has 0 saturated heterocycles. The maximum Gasteiger partial charge on any atom is 0.251 e. The summed E-state index contributed by atoms with van der Waals surface area (Å²) in [5.74, 6) is 6.65. The molecule has 1 aliphatic carbocycles. The third-order valence-electron chi connectivity index (χ3n) is 3.88. The molecule has 0 heterocycles. The number of hydrazine groups is 1. The standard InChI is InChI=1S/C14H21N3O/c1-10-3-2-4-12(10)9-16-14(18)11-5-7-13(17-15)8-6-11/h5-8,10,12,17H,2-4,9,15H2,1H3,(H,16,18). The molecule has 2 atom stereocenters. The van der Waals surface area contributed by atoms with Crippen LogP contribution in [0.4, 0.5) is 5.69 Å². The number of nitrogens with one attached hydrogen (secondary N) is 2. The molecule has 1 fully saturated rings. The van der Waals surface area contributed by atoms with Crippen LogP contribution in [0.2, 0.25) is 0 Å². The molecule has 4 heteroatoms. The van der Waals surface area contributed by atoms with Crippen LogP contribution in [0.25, 0.3) is 0 Å². The van der Waals surface area contributed by atoms with Gasteiger partial charge in [-0.1, -0.05) is 19.8 Å². The van der Waals surface area contributed by atoms with Crippen molar-refractivity contribution in [3.05, 3.63) is 29.8 Å². The zero-order chi connectivity index (χ0) is 13.0. The first-order chi connectivity index (χ1) is 8.70. The molecule has 2 unspecified atom stereocenters. The Balaban J connectivity index is 1.87. The van der Waals surface area contributed by atoms with Gasteiger partial charge in [-0.2, -0.15) is 0 Å². The van der Waals surface area contributed by atoms with Gasteiger partial charge in [0.25, 0.3) is 5.91 Å². The van der Waals surface area contributed by atoms with E-state index in [2.05, 4.69) is 17.7 Å². The number of hydrogen-bond donors (Lipinski definition) is 3. The lowest BCUT2D eigenvalue weighted by molar-refractivity contribution is 0.0944. The van der Waals surface area contributed by atoms with Gasteiger partial charge in [-0.05, 0) is 42.5 Å². The van der Waals surface area contributed by atoms with E-state index in [1.54, 1.807) is 24.3 Å². The molecule has 98 valence electrons. The SMILES string of the molecule is CC1CCCC1CNC(=O)c1ccc(NN)cc1. The van der Waals surface area contributed by atoms with Crippen molar-refractivity contribution in [3.63, 3.8) is 0 Å². The quantitative estimate of drug-likeness (QED) is 0.564. The van der Waals surface area contributed by atoms with Crippen LogP contribution in [0.3, 0.4) is 0 Å². The summed E-state index contributed by atoms with van der Waals surface area (Å²) in [5.41, 5.74) is 4.03. The highest BCUT2D eigenvalue weighted by Crippen LogP contribution is 2.30. The molecular formula is C14H21N3O. The number of amides is 1. The number of carbonyl (C=O) groups is 1. The molecule has 0 aliphatic heterocycles. The van der Waals surface area contributed by atoms with E-state index in [1.165, 1.54) is 19.3 Å². The van der Waals surface area contributed by atoms with Gasteiger partial charge in [-0.25, -0.2) is 0 Å². The van der Waals surface area contributed by atoms with Gasteiger partial charge < -0.3 is 10.7 Å². The van der Waals surface area contributed by atoms with E-state index in [0.29, 0.717) is 11.5 Å². The van der Waals surface area contributed by atoms with Gasteiger partial charge in [0.2, 0.25) is 0 Å². The number of nitrogen functional groups attached to an aromatic ring is 1. The van der Waals surface area contributed by atoms with Crippen molar-refractivity contribution in [2.45, 2.75) is 26.2 Å². The van der Waals surface area contributed by atoms with Crippen LogP contribution < -0.4 is 16.6 Å². The molecule has 2 rings (SSSR count). The van der Waals surface area contributed by atoms with Crippen molar-refractivity contribution in [1.29, 1.82) is 0 Å². The normalized spacial score (nSPS) is 22.8. The summed E-state index contributed by atoms with van der Waals surface area (Å²) in [5, 5.41) is 3.02. The minimum absolute atomic E-state index is 0.00216. The van der Waals surface area contributed by atoms with Crippen molar-refractivity contribution in [2.75, 3.05) is 12.0 Å². The predicted octanol–water partition coefficient (Wildman–Crippen LogP) is 2.14. The van der Waals surface area contributed by atoms with Crippen LogP contribution in [-0.4, -0.2) is 12.5 Å². The number of nitrogens with two attached hydrogens (primary N) is 1. The Morgan fingerprint density at radius 3 is 2.61 bits per heavy atom. The first-order valence-electron chi connectivity index (χ1n) is 6.55. The van der Waals surface area contributed by atoms with Gasteiger partial charge in [0.1, 0.15) is 0 Å². The van der Waals surface area contributed by atoms with Gasteiger partial charge in [-0.15, -0.1) is 0 Å². The van der Waals surface area contributed by atoms with E-state index in [9.17, 15) is 4.79 Å². The zero-order valence-electron chi connectivity index (χ0n) is 10.8. The number of hydrogen-bond acceptors (Lipinski definition) is 3. The van der Waals surface area contributed by atoms with Crippen LogP contribution in [0.5, 0.6) is 0 Å². The third-order valence-corrected chi connectivity index (χ3v) is 3.88. The third kappa shape index (κ3) is 3.01. The van der Waals surface area contributed by atoms with E-state index >= 15 is 0 Å². The lowest BCUT2D eigenvalue weighted by Gasteiger charge is -2.15. The fourth-order valence-electron chi connectivity index (χ4n) is 2.57. The minimum atomic E-state index is -0.00216. The van der Waals surface area contributed by atoms with E-state index in [4.69, 9.17) is 5.84 Å². The van der Waals surface area contributed by atoms with Crippen LogP contribution in [0, 0.1) is 11.8 Å². The van der Waals surface area contributed by atoms with Crippen molar-refractivity contribution in [2.24, 2.45) is 17.7 Å². The summed E-state index contributed by atoms with van der Waals surface area (Å²) in [6.07, 6.45) is 3.81. The number of carbonyl (C=O) groups excluding carboxylic acids is 1. The Labute approximate surface area is 108 Å². The fourth-order valence-corrected chi connectivity index (χ4v) is 2.57. The van der Waals surface area contributed by atoms with Gasteiger partial charge >= 0.3 is 0 Å². The lowest BCUT2D eigenvalue weighted by Crippen LogP contribution is -2.30. The predicted molar refractivity (Wildman–Crippen MR) is 73.1 cm³/mol. The largest absolute Gasteiger partial charge is 0.352 e. The van der Waals surface area contributed by atoms with Crippen molar-refractivity contribution in [1.82, 2.24) is 5.32 Å². The maximum absolute atomic E-state index is 11.9. The van der Waals surface area contributed by atoms with Crippen molar-refractivity contribution in [3.8, 4) is 0 Å². The second-order valence-corrected chi connectivity index (χ2v) is 5.10. The summed E-state index contributed by atoms with van der Waals surface area (Å²) >= 11 is 0. The highest BCUT2D eigenvalue weighted by Gasteiger charge is 2.23. The van der Waals surface area contributed by atoms with E-state index in [-0.39, 0.29) is 5.91 Å². The van der Waals surface area contributed by atoms with E-state index < -0.39 is 0 Å². The monoisotopic (exact) mass is 247 g/mol. The summed E-state index contributed by atoms with van der Waals surface area (Å²) in [6, 6.07) is 7.16. The Morgan fingerprint density at radius 2 is 2.06 bits per heavy atom. The summed E-state index contributed by atoms with van der Waals surface area (Å²) in [6.45, 7) is 3.06.